The fraction of sp³-hybridized carbons (Fsp3) is 0.154. The third-order valence-electron chi connectivity index (χ3n) is 2.50. The van der Waals surface area contributed by atoms with Gasteiger partial charge >= 0.3 is 0 Å². The fourth-order valence-corrected chi connectivity index (χ4v) is 1.73. The van der Waals surface area contributed by atoms with Gasteiger partial charge in [0.25, 0.3) is 0 Å². The van der Waals surface area contributed by atoms with Crippen molar-refractivity contribution in [2.24, 2.45) is 5.73 Å². The number of benzene rings is 1. The van der Waals surface area contributed by atoms with E-state index in [1.807, 2.05) is 29.1 Å². The monoisotopic (exact) mass is 229 g/mol. The summed E-state index contributed by atoms with van der Waals surface area (Å²) in [6.07, 6.45) is 3.80. The molecule has 0 saturated heterocycles. The van der Waals surface area contributed by atoms with Gasteiger partial charge in [0.2, 0.25) is 0 Å². The van der Waals surface area contributed by atoms with Crippen molar-refractivity contribution in [3.05, 3.63) is 59.2 Å². The molecule has 0 fully saturated rings. The van der Waals surface area contributed by atoms with Gasteiger partial charge in [-0.05, 0) is 35.4 Å². The van der Waals surface area contributed by atoms with Crippen LogP contribution in [0.1, 0.15) is 16.7 Å². The Hall–Kier alpha value is -2.12. The van der Waals surface area contributed by atoms with E-state index in [-0.39, 0.29) is 5.82 Å². The molecule has 1 aromatic carbocycles. The minimum absolute atomic E-state index is 0.339. The molecule has 0 saturated carbocycles. The zero-order valence-corrected chi connectivity index (χ0v) is 9.23. The number of hydrogen-bond acceptors (Lipinski definition) is 2. The number of rotatable bonds is 3. The standard InChI is InChI=1S/C13H12FN3/c14-13-4-11(7-16)3-12(5-13)9-17-2-1-10(6-15)8-17/h1-5,8H,6,9,15H2. The third kappa shape index (κ3) is 2.71. The van der Waals surface area contributed by atoms with E-state index in [9.17, 15) is 4.39 Å². The van der Waals surface area contributed by atoms with E-state index >= 15 is 0 Å². The zero-order chi connectivity index (χ0) is 12.3. The lowest BCUT2D eigenvalue weighted by molar-refractivity contribution is 0.623. The van der Waals surface area contributed by atoms with Crippen LogP contribution < -0.4 is 5.73 Å². The molecule has 3 nitrogen and oxygen atoms in total. The Balaban J connectivity index is 2.24. The average Bonchev–Trinajstić information content (AvgIpc) is 2.76. The van der Waals surface area contributed by atoms with Crippen molar-refractivity contribution in [2.75, 3.05) is 0 Å². The Morgan fingerprint density at radius 3 is 2.76 bits per heavy atom. The molecule has 1 aromatic heterocycles. The molecular formula is C13H12FN3. The number of aromatic nitrogens is 1. The Morgan fingerprint density at radius 1 is 1.29 bits per heavy atom. The second kappa shape index (κ2) is 4.81. The molecule has 0 unspecified atom stereocenters. The SMILES string of the molecule is N#Cc1cc(F)cc(Cn2ccc(CN)c2)c1. The first kappa shape index (κ1) is 11.4. The highest BCUT2D eigenvalue weighted by atomic mass is 19.1. The first-order valence-corrected chi connectivity index (χ1v) is 5.25. The van der Waals surface area contributed by atoms with E-state index in [4.69, 9.17) is 11.0 Å². The van der Waals surface area contributed by atoms with E-state index in [1.165, 1.54) is 12.1 Å². The van der Waals surface area contributed by atoms with Gasteiger partial charge in [-0.3, -0.25) is 0 Å². The molecule has 0 amide bonds. The number of nitrogens with zero attached hydrogens (tertiary/aromatic N) is 2. The van der Waals surface area contributed by atoms with Crippen molar-refractivity contribution in [1.29, 1.82) is 5.26 Å². The molecule has 0 bridgehead atoms. The maximum atomic E-state index is 13.2. The number of nitrogens with two attached hydrogens (primary N) is 1. The lowest BCUT2D eigenvalue weighted by Gasteiger charge is -2.04. The van der Waals surface area contributed by atoms with Gasteiger partial charge in [0.05, 0.1) is 11.6 Å². The molecule has 0 radical (unpaired) electrons. The average molecular weight is 229 g/mol. The predicted molar refractivity (Wildman–Crippen MR) is 62.5 cm³/mol. The molecule has 4 heteroatoms. The van der Waals surface area contributed by atoms with Gasteiger partial charge in [0.15, 0.2) is 0 Å². The maximum absolute atomic E-state index is 13.2. The highest BCUT2D eigenvalue weighted by Crippen LogP contribution is 2.11. The summed E-state index contributed by atoms with van der Waals surface area (Å²) >= 11 is 0. The summed E-state index contributed by atoms with van der Waals surface area (Å²) in [5, 5.41) is 8.75. The van der Waals surface area contributed by atoms with Crippen molar-refractivity contribution in [3.8, 4) is 6.07 Å². The Morgan fingerprint density at radius 2 is 2.12 bits per heavy atom. The van der Waals surface area contributed by atoms with Gasteiger partial charge in [0, 0.05) is 25.5 Å². The van der Waals surface area contributed by atoms with Crippen LogP contribution in [0.25, 0.3) is 0 Å². The zero-order valence-electron chi connectivity index (χ0n) is 9.23. The van der Waals surface area contributed by atoms with E-state index in [1.54, 1.807) is 6.07 Å². The summed E-state index contributed by atoms with van der Waals surface area (Å²) in [6.45, 7) is 1.02. The summed E-state index contributed by atoms with van der Waals surface area (Å²) in [6, 6.07) is 8.21. The van der Waals surface area contributed by atoms with Crippen LogP contribution in [0.15, 0.2) is 36.7 Å². The van der Waals surface area contributed by atoms with Crippen LogP contribution in [0, 0.1) is 17.1 Å². The molecular weight excluding hydrogens is 217 g/mol. The Bertz CT molecular complexity index is 566. The molecule has 86 valence electrons. The second-order valence-corrected chi connectivity index (χ2v) is 3.86. The molecule has 0 aliphatic rings. The smallest absolute Gasteiger partial charge is 0.124 e. The predicted octanol–water partition coefficient (Wildman–Crippen LogP) is 2.01. The minimum Gasteiger partial charge on any atom is -0.350 e. The molecule has 0 aliphatic carbocycles. The molecule has 2 rings (SSSR count). The summed E-state index contributed by atoms with van der Waals surface area (Å²) in [5.41, 5.74) is 7.64. The molecule has 0 aliphatic heterocycles. The number of nitriles is 1. The summed E-state index contributed by atoms with van der Waals surface area (Å²) in [5.74, 6) is -0.384. The highest BCUT2D eigenvalue weighted by molar-refractivity contribution is 5.33. The third-order valence-corrected chi connectivity index (χ3v) is 2.50. The molecule has 0 atom stereocenters. The van der Waals surface area contributed by atoms with Crippen LogP contribution in [-0.4, -0.2) is 4.57 Å². The van der Waals surface area contributed by atoms with Gasteiger partial charge in [-0.15, -0.1) is 0 Å². The quantitative estimate of drug-likeness (QED) is 0.875. The Labute approximate surface area is 98.9 Å². The van der Waals surface area contributed by atoms with Crippen LogP contribution in [0.2, 0.25) is 0 Å². The highest BCUT2D eigenvalue weighted by Gasteiger charge is 2.02. The topological polar surface area (TPSA) is 54.7 Å². The van der Waals surface area contributed by atoms with Gasteiger partial charge in [-0.1, -0.05) is 0 Å². The fourth-order valence-electron chi connectivity index (χ4n) is 1.73. The lowest BCUT2D eigenvalue weighted by Crippen LogP contribution is -1.99. The summed E-state index contributed by atoms with van der Waals surface area (Å²) < 4.78 is 15.1. The van der Waals surface area contributed by atoms with Crippen LogP contribution >= 0.6 is 0 Å². The normalized spacial score (nSPS) is 10.2. The van der Waals surface area contributed by atoms with Crippen LogP contribution in [0.4, 0.5) is 4.39 Å². The van der Waals surface area contributed by atoms with E-state index in [0.29, 0.717) is 18.7 Å². The Kier molecular flexibility index (Phi) is 3.22. The van der Waals surface area contributed by atoms with Crippen molar-refractivity contribution in [1.82, 2.24) is 4.57 Å². The molecule has 0 spiro atoms. The molecule has 2 aromatic rings. The van der Waals surface area contributed by atoms with Gasteiger partial charge in [-0.2, -0.15) is 5.26 Å². The maximum Gasteiger partial charge on any atom is 0.124 e. The van der Waals surface area contributed by atoms with Crippen molar-refractivity contribution in [3.63, 3.8) is 0 Å². The first-order chi connectivity index (χ1) is 8.21. The van der Waals surface area contributed by atoms with E-state index < -0.39 is 0 Å². The van der Waals surface area contributed by atoms with Crippen LogP contribution in [-0.2, 0) is 13.1 Å². The first-order valence-electron chi connectivity index (χ1n) is 5.25. The van der Waals surface area contributed by atoms with Gasteiger partial charge < -0.3 is 10.3 Å². The minimum atomic E-state index is -0.384. The second-order valence-electron chi connectivity index (χ2n) is 3.86. The summed E-state index contributed by atoms with van der Waals surface area (Å²) in [7, 11) is 0. The summed E-state index contributed by atoms with van der Waals surface area (Å²) in [4.78, 5) is 0. The lowest BCUT2D eigenvalue weighted by atomic mass is 10.1. The van der Waals surface area contributed by atoms with Gasteiger partial charge in [-0.25, -0.2) is 4.39 Å². The number of halogens is 1. The van der Waals surface area contributed by atoms with Crippen LogP contribution in [0.5, 0.6) is 0 Å². The molecule has 1 heterocycles. The van der Waals surface area contributed by atoms with Crippen LogP contribution in [0.3, 0.4) is 0 Å². The van der Waals surface area contributed by atoms with Gasteiger partial charge in [0.1, 0.15) is 5.82 Å². The number of hydrogen-bond donors (Lipinski definition) is 1. The molecule has 17 heavy (non-hydrogen) atoms. The largest absolute Gasteiger partial charge is 0.350 e. The van der Waals surface area contributed by atoms with E-state index in [2.05, 4.69) is 0 Å². The van der Waals surface area contributed by atoms with Crippen molar-refractivity contribution in [2.45, 2.75) is 13.1 Å². The van der Waals surface area contributed by atoms with Crippen molar-refractivity contribution >= 4 is 0 Å². The van der Waals surface area contributed by atoms with E-state index in [0.717, 1.165) is 11.1 Å². The van der Waals surface area contributed by atoms with Crippen molar-refractivity contribution < 1.29 is 4.39 Å². The molecule has 2 N–H and O–H groups in total.